The SMILES string of the molecule is Cc1cccc(OCC[C@H]2C=C(N)NC2)c1. The van der Waals surface area contributed by atoms with E-state index in [0.29, 0.717) is 5.92 Å². The van der Waals surface area contributed by atoms with E-state index < -0.39 is 0 Å². The van der Waals surface area contributed by atoms with Crippen molar-refractivity contribution >= 4 is 0 Å². The smallest absolute Gasteiger partial charge is 0.119 e. The first-order valence-electron chi connectivity index (χ1n) is 5.64. The van der Waals surface area contributed by atoms with Gasteiger partial charge in [-0.1, -0.05) is 12.1 Å². The highest BCUT2D eigenvalue weighted by Crippen LogP contribution is 2.15. The van der Waals surface area contributed by atoms with Crippen LogP contribution in [-0.2, 0) is 0 Å². The van der Waals surface area contributed by atoms with E-state index >= 15 is 0 Å². The minimum atomic E-state index is 0.504. The number of benzene rings is 1. The molecule has 2 rings (SSSR count). The van der Waals surface area contributed by atoms with E-state index in [4.69, 9.17) is 10.5 Å². The minimum absolute atomic E-state index is 0.504. The maximum Gasteiger partial charge on any atom is 0.119 e. The molecule has 0 saturated heterocycles. The molecule has 0 spiro atoms. The fourth-order valence-corrected chi connectivity index (χ4v) is 1.84. The summed E-state index contributed by atoms with van der Waals surface area (Å²) in [6.45, 7) is 3.74. The molecular formula is C13H18N2O. The Morgan fingerprint density at radius 1 is 1.50 bits per heavy atom. The van der Waals surface area contributed by atoms with Gasteiger partial charge in [-0.25, -0.2) is 0 Å². The molecule has 86 valence electrons. The second-order valence-corrected chi connectivity index (χ2v) is 4.22. The van der Waals surface area contributed by atoms with Crippen molar-refractivity contribution in [3.8, 4) is 5.75 Å². The van der Waals surface area contributed by atoms with E-state index in [1.165, 1.54) is 5.56 Å². The fraction of sp³-hybridized carbons (Fsp3) is 0.385. The summed E-state index contributed by atoms with van der Waals surface area (Å²) in [6.07, 6.45) is 3.07. The van der Waals surface area contributed by atoms with E-state index in [0.717, 1.165) is 31.1 Å². The molecule has 0 unspecified atom stereocenters. The number of nitrogens with one attached hydrogen (secondary N) is 1. The van der Waals surface area contributed by atoms with Crippen LogP contribution in [0.5, 0.6) is 5.75 Å². The molecule has 1 aliphatic heterocycles. The van der Waals surface area contributed by atoms with Crippen molar-refractivity contribution in [3.63, 3.8) is 0 Å². The van der Waals surface area contributed by atoms with Crippen molar-refractivity contribution in [3.05, 3.63) is 41.7 Å². The molecule has 1 atom stereocenters. The largest absolute Gasteiger partial charge is 0.494 e. The zero-order valence-electron chi connectivity index (χ0n) is 9.57. The van der Waals surface area contributed by atoms with Gasteiger partial charge in [-0.2, -0.15) is 0 Å². The summed E-state index contributed by atoms with van der Waals surface area (Å²) < 4.78 is 5.69. The predicted molar refractivity (Wildman–Crippen MR) is 65.1 cm³/mol. The molecule has 1 aromatic carbocycles. The van der Waals surface area contributed by atoms with Gasteiger partial charge in [0.15, 0.2) is 0 Å². The molecule has 0 fully saturated rings. The Bertz CT molecular complexity index is 387. The second kappa shape index (κ2) is 4.92. The highest BCUT2D eigenvalue weighted by Gasteiger charge is 2.12. The summed E-state index contributed by atoms with van der Waals surface area (Å²) in [5, 5.41) is 3.11. The van der Waals surface area contributed by atoms with Gasteiger partial charge in [0.05, 0.1) is 12.4 Å². The lowest BCUT2D eigenvalue weighted by molar-refractivity contribution is 0.293. The van der Waals surface area contributed by atoms with Gasteiger partial charge in [-0.05, 0) is 37.1 Å². The number of hydrogen-bond donors (Lipinski definition) is 2. The van der Waals surface area contributed by atoms with Crippen LogP contribution in [0.25, 0.3) is 0 Å². The Morgan fingerprint density at radius 2 is 2.38 bits per heavy atom. The summed E-state index contributed by atoms with van der Waals surface area (Å²) in [5.74, 6) is 2.24. The average Bonchev–Trinajstić information content (AvgIpc) is 2.64. The zero-order chi connectivity index (χ0) is 11.4. The highest BCUT2D eigenvalue weighted by molar-refractivity contribution is 5.27. The molecule has 0 aliphatic carbocycles. The van der Waals surface area contributed by atoms with E-state index in [9.17, 15) is 0 Å². The van der Waals surface area contributed by atoms with Crippen molar-refractivity contribution in [2.75, 3.05) is 13.2 Å². The van der Waals surface area contributed by atoms with Crippen molar-refractivity contribution in [1.29, 1.82) is 0 Å². The number of hydrogen-bond acceptors (Lipinski definition) is 3. The fourth-order valence-electron chi connectivity index (χ4n) is 1.84. The molecule has 3 nitrogen and oxygen atoms in total. The van der Waals surface area contributed by atoms with Crippen LogP contribution in [0.4, 0.5) is 0 Å². The topological polar surface area (TPSA) is 47.3 Å². The maximum absolute atomic E-state index is 5.69. The first-order valence-corrected chi connectivity index (χ1v) is 5.64. The molecule has 0 saturated carbocycles. The van der Waals surface area contributed by atoms with Gasteiger partial charge in [0, 0.05) is 12.5 Å². The predicted octanol–water partition coefficient (Wildman–Crippen LogP) is 1.78. The van der Waals surface area contributed by atoms with Gasteiger partial charge in [0.25, 0.3) is 0 Å². The Hall–Kier alpha value is -1.64. The summed E-state index contributed by atoms with van der Waals surface area (Å²) in [7, 11) is 0. The Labute approximate surface area is 96.3 Å². The summed E-state index contributed by atoms with van der Waals surface area (Å²) in [6, 6.07) is 8.12. The van der Waals surface area contributed by atoms with Crippen LogP contribution in [0.1, 0.15) is 12.0 Å². The molecule has 3 heteroatoms. The van der Waals surface area contributed by atoms with Crippen molar-refractivity contribution in [1.82, 2.24) is 5.32 Å². The molecule has 0 bridgehead atoms. The van der Waals surface area contributed by atoms with E-state index in [-0.39, 0.29) is 0 Å². The minimum Gasteiger partial charge on any atom is -0.494 e. The average molecular weight is 218 g/mol. The van der Waals surface area contributed by atoms with Crippen LogP contribution in [0, 0.1) is 12.8 Å². The molecular weight excluding hydrogens is 200 g/mol. The van der Waals surface area contributed by atoms with Gasteiger partial charge in [0.1, 0.15) is 5.75 Å². The first-order chi connectivity index (χ1) is 7.74. The van der Waals surface area contributed by atoms with Gasteiger partial charge in [-0.3, -0.25) is 0 Å². The molecule has 0 aromatic heterocycles. The molecule has 1 heterocycles. The molecule has 1 aromatic rings. The maximum atomic E-state index is 5.69. The molecule has 0 radical (unpaired) electrons. The van der Waals surface area contributed by atoms with Crippen molar-refractivity contribution < 1.29 is 4.74 Å². The van der Waals surface area contributed by atoms with E-state index in [2.05, 4.69) is 30.4 Å². The second-order valence-electron chi connectivity index (χ2n) is 4.22. The van der Waals surface area contributed by atoms with Crippen molar-refractivity contribution in [2.45, 2.75) is 13.3 Å². The number of ether oxygens (including phenoxy) is 1. The normalized spacial score (nSPS) is 19.1. The van der Waals surface area contributed by atoms with Crippen LogP contribution >= 0.6 is 0 Å². The van der Waals surface area contributed by atoms with Crippen LogP contribution in [0.15, 0.2) is 36.2 Å². The number of aryl methyl sites for hydroxylation is 1. The summed E-state index contributed by atoms with van der Waals surface area (Å²) in [5.41, 5.74) is 6.86. The Kier molecular flexibility index (Phi) is 3.34. The summed E-state index contributed by atoms with van der Waals surface area (Å²) in [4.78, 5) is 0. The lowest BCUT2D eigenvalue weighted by Gasteiger charge is -2.09. The van der Waals surface area contributed by atoms with Crippen LogP contribution in [0.3, 0.4) is 0 Å². The third kappa shape index (κ3) is 2.92. The quantitative estimate of drug-likeness (QED) is 0.810. The standard InChI is InChI=1S/C13H18N2O/c1-10-3-2-4-12(7-10)16-6-5-11-8-13(14)15-9-11/h2-4,7-8,11,15H,5-6,9,14H2,1H3/t11-/m0/s1. The third-order valence-corrected chi connectivity index (χ3v) is 2.73. The van der Waals surface area contributed by atoms with Gasteiger partial charge >= 0.3 is 0 Å². The van der Waals surface area contributed by atoms with Gasteiger partial charge in [0.2, 0.25) is 0 Å². The third-order valence-electron chi connectivity index (χ3n) is 2.73. The lowest BCUT2D eigenvalue weighted by atomic mass is 10.1. The Morgan fingerprint density at radius 3 is 3.06 bits per heavy atom. The molecule has 3 N–H and O–H groups in total. The van der Waals surface area contributed by atoms with Crippen LogP contribution in [0.2, 0.25) is 0 Å². The lowest BCUT2D eigenvalue weighted by Crippen LogP contribution is -2.17. The molecule has 1 aliphatic rings. The number of rotatable bonds is 4. The van der Waals surface area contributed by atoms with Gasteiger partial charge < -0.3 is 15.8 Å². The Balaban J connectivity index is 1.76. The first kappa shape index (κ1) is 10.9. The van der Waals surface area contributed by atoms with Crippen LogP contribution in [-0.4, -0.2) is 13.2 Å². The van der Waals surface area contributed by atoms with E-state index in [1.54, 1.807) is 0 Å². The van der Waals surface area contributed by atoms with Crippen LogP contribution < -0.4 is 15.8 Å². The molecule has 16 heavy (non-hydrogen) atoms. The molecule has 0 amide bonds. The highest BCUT2D eigenvalue weighted by atomic mass is 16.5. The monoisotopic (exact) mass is 218 g/mol. The van der Waals surface area contributed by atoms with E-state index in [1.807, 2.05) is 12.1 Å². The number of nitrogens with two attached hydrogens (primary N) is 1. The van der Waals surface area contributed by atoms with Gasteiger partial charge in [-0.15, -0.1) is 0 Å². The van der Waals surface area contributed by atoms with Crippen molar-refractivity contribution in [2.24, 2.45) is 11.7 Å². The zero-order valence-corrected chi connectivity index (χ0v) is 9.57. The summed E-state index contributed by atoms with van der Waals surface area (Å²) >= 11 is 0.